The number of carbonyl (C=O) groups excluding carboxylic acids is 3. The van der Waals surface area contributed by atoms with Crippen molar-refractivity contribution >= 4 is 63.3 Å². The molecule has 0 radical (unpaired) electrons. The number of allylic oxidation sites excluding steroid dienone is 1. The van der Waals surface area contributed by atoms with Gasteiger partial charge >= 0.3 is 5.97 Å². The molecule has 3 amide bonds. The highest BCUT2D eigenvalue weighted by Crippen LogP contribution is 2.41. The number of benzene rings is 1. The van der Waals surface area contributed by atoms with E-state index in [1.807, 2.05) is 30.3 Å². The average molecular weight is 595 g/mol. The Bertz CT molecular complexity index is 1510. The molecule has 6 rings (SSSR count). The molecule has 1 aromatic carbocycles. The first-order valence-corrected chi connectivity index (χ1v) is 15.0. The first kappa shape index (κ1) is 27.0. The molecule has 1 aromatic heterocycles. The molecule has 12 nitrogen and oxygen atoms in total. The van der Waals surface area contributed by atoms with Crippen LogP contribution in [0.3, 0.4) is 0 Å². The van der Waals surface area contributed by atoms with Crippen LogP contribution in [0.1, 0.15) is 31.4 Å². The Morgan fingerprint density at radius 1 is 1.20 bits per heavy atom. The SMILES string of the molecule is Nc1nc(/C(=N/OC2CCCC2)C(=O)N[C@@H]2C(=O)N3C(C(=O)O)=C(/C=C4\CN(c5ccccc5)C4=O)CS[C@H]23)cs1. The minimum Gasteiger partial charge on any atom is -0.477 e. The molecule has 0 spiro atoms. The molecule has 2 aromatic rings. The van der Waals surface area contributed by atoms with Gasteiger partial charge in [-0.3, -0.25) is 19.3 Å². The van der Waals surface area contributed by atoms with E-state index in [-0.39, 0.29) is 40.0 Å². The molecule has 4 aliphatic rings. The van der Waals surface area contributed by atoms with Gasteiger partial charge in [0, 0.05) is 22.4 Å². The molecule has 14 heteroatoms. The highest BCUT2D eigenvalue weighted by molar-refractivity contribution is 8.00. The van der Waals surface area contributed by atoms with Crippen molar-refractivity contribution in [2.24, 2.45) is 5.16 Å². The van der Waals surface area contributed by atoms with Gasteiger partial charge in [0.05, 0.1) is 6.54 Å². The molecule has 3 aliphatic heterocycles. The molecular formula is C27H26N6O6S2. The maximum absolute atomic E-state index is 13.3. The van der Waals surface area contributed by atoms with Crippen LogP contribution in [0.2, 0.25) is 0 Å². The van der Waals surface area contributed by atoms with E-state index in [4.69, 9.17) is 10.6 Å². The Hall–Kier alpha value is -4.17. The van der Waals surface area contributed by atoms with Gasteiger partial charge in [0.2, 0.25) is 0 Å². The number of thiazole rings is 1. The molecule has 4 N–H and O–H groups in total. The molecule has 0 unspecified atom stereocenters. The van der Waals surface area contributed by atoms with E-state index < -0.39 is 29.2 Å². The Balaban J connectivity index is 1.18. The summed E-state index contributed by atoms with van der Waals surface area (Å²) in [6, 6.07) is 8.21. The average Bonchev–Trinajstić information content (AvgIpc) is 3.65. The third-order valence-corrected chi connectivity index (χ3v) is 9.30. The highest BCUT2D eigenvalue weighted by atomic mass is 32.2. The van der Waals surface area contributed by atoms with Gasteiger partial charge in [-0.15, -0.1) is 23.1 Å². The molecule has 41 heavy (non-hydrogen) atoms. The Kier molecular flexibility index (Phi) is 7.26. The van der Waals surface area contributed by atoms with E-state index in [0.717, 1.165) is 42.7 Å². The van der Waals surface area contributed by atoms with Crippen molar-refractivity contribution in [3.8, 4) is 0 Å². The van der Waals surface area contributed by atoms with Crippen LogP contribution in [0.25, 0.3) is 0 Å². The minimum atomic E-state index is -1.28. The van der Waals surface area contributed by atoms with Crippen LogP contribution in [0, 0.1) is 0 Å². The number of nitrogen functional groups attached to an aromatic ring is 1. The first-order valence-electron chi connectivity index (χ1n) is 13.1. The van der Waals surface area contributed by atoms with Crippen molar-refractivity contribution in [1.29, 1.82) is 0 Å². The number of fused-ring (bicyclic) bond motifs is 1. The van der Waals surface area contributed by atoms with Crippen molar-refractivity contribution in [2.75, 3.05) is 22.9 Å². The third-order valence-electron chi connectivity index (χ3n) is 7.33. The van der Waals surface area contributed by atoms with Crippen LogP contribution in [-0.2, 0) is 24.0 Å². The predicted octanol–water partition coefficient (Wildman–Crippen LogP) is 2.10. The van der Waals surface area contributed by atoms with Gasteiger partial charge in [-0.25, -0.2) is 9.78 Å². The molecule has 2 saturated heterocycles. The van der Waals surface area contributed by atoms with Crippen molar-refractivity contribution in [2.45, 2.75) is 43.2 Å². The number of nitrogens with two attached hydrogens (primary N) is 1. The molecule has 1 aliphatic carbocycles. The summed E-state index contributed by atoms with van der Waals surface area (Å²) < 4.78 is 0. The summed E-state index contributed by atoms with van der Waals surface area (Å²) in [5.74, 6) is -2.48. The zero-order valence-corrected chi connectivity index (χ0v) is 23.3. The van der Waals surface area contributed by atoms with Gasteiger partial charge in [-0.1, -0.05) is 23.4 Å². The van der Waals surface area contributed by atoms with E-state index in [1.54, 1.807) is 16.4 Å². The van der Waals surface area contributed by atoms with Crippen LogP contribution in [-0.4, -0.2) is 74.2 Å². The number of carbonyl (C=O) groups is 4. The molecule has 4 heterocycles. The monoisotopic (exact) mass is 594 g/mol. The van der Waals surface area contributed by atoms with Gasteiger partial charge in [0.1, 0.15) is 28.9 Å². The quantitative estimate of drug-likeness (QED) is 0.179. The van der Waals surface area contributed by atoms with Crippen molar-refractivity contribution in [1.82, 2.24) is 15.2 Å². The van der Waals surface area contributed by atoms with Crippen LogP contribution in [0.4, 0.5) is 10.8 Å². The number of rotatable bonds is 8. The third kappa shape index (κ3) is 5.08. The number of hydrogen-bond acceptors (Lipinski definition) is 10. The molecule has 2 atom stereocenters. The fourth-order valence-corrected chi connectivity index (χ4v) is 7.07. The van der Waals surface area contributed by atoms with Crippen LogP contribution in [0.5, 0.6) is 0 Å². The molecule has 3 fully saturated rings. The molecular weight excluding hydrogens is 568 g/mol. The Morgan fingerprint density at radius 2 is 1.95 bits per heavy atom. The maximum atomic E-state index is 13.3. The predicted molar refractivity (Wildman–Crippen MR) is 153 cm³/mol. The van der Waals surface area contributed by atoms with E-state index in [9.17, 15) is 24.3 Å². The fraction of sp³-hybridized carbons (Fsp3) is 0.333. The fourth-order valence-electron chi connectivity index (χ4n) is 5.21. The summed E-state index contributed by atoms with van der Waals surface area (Å²) >= 11 is 2.46. The lowest BCUT2D eigenvalue weighted by atomic mass is 9.98. The normalized spacial score (nSPS) is 23.8. The van der Waals surface area contributed by atoms with Crippen molar-refractivity contribution in [3.63, 3.8) is 0 Å². The number of oxime groups is 1. The number of hydrogen-bond donors (Lipinski definition) is 3. The van der Waals surface area contributed by atoms with Gasteiger partial charge in [0.15, 0.2) is 10.8 Å². The Labute approximate surface area is 242 Å². The van der Waals surface area contributed by atoms with Gasteiger partial charge in [0.25, 0.3) is 17.7 Å². The standard InChI is InChI=1S/C27H26N6O6S2/c28-27-29-18(13-41-27)19(31-39-17-8-4-5-9-17)22(34)30-20-24(36)33-21(26(37)38)15(12-40-25(20)33)10-14-11-32(23(14)35)16-6-2-1-3-7-16/h1-3,6-7,10,13,17,20,25H,4-5,8-9,11-12H2,(H2,28,29)(H,30,34)(H,37,38)/b14-10+,31-19-/t20-,25-/m1/s1. The number of aromatic nitrogens is 1. The number of para-hydroxylation sites is 1. The van der Waals surface area contributed by atoms with E-state index in [1.165, 1.54) is 16.7 Å². The van der Waals surface area contributed by atoms with E-state index in [2.05, 4.69) is 15.5 Å². The van der Waals surface area contributed by atoms with Crippen molar-refractivity contribution in [3.05, 3.63) is 64.3 Å². The topological polar surface area (TPSA) is 168 Å². The van der Waals surface area contributed by atoms with Crippen molar-refractivity contribution < 1.29 is 29.1 Å². The number of nitrogens with one attached hydrogen (secondary N) is 1. The molecule has 0 bridgehead atoms. The number of amides is 3. The number of thioether (sulfide) groups is 1. The molecule has 212 valence electrons. The second-order valence-electron chi connectivity index (χ2n) is 9.96. The number of β-lactam (4-membered cyclic amide) rings is 2. The summed E-state index contributed by atoms with van der Waals surface area (Å²) in [5, 5.41) is 18.0. The lowest BCUT2D eigenvalue weighted by molar-refractivity contribution is -0.150. The molecule has 1 saturated carbocycles. The number of anilines is 2. The summed E-state index contributed by atoms with van der Waals surface area (Å²) in [6.45, 7) is 0.339. The first-order chi connectivity index (χ1) is 19.8. The van der Waals surface area contributed by atoms with Gasteiger partial charge < -0.3 is 25.9 Å². The summed E-state index contributed by atoms with van der Waals surface area (Å²) in [7, 11) is 0. The summed E-state index contributed by atoms with van der Waals surface area (Å²) in [6.07, 6.45) is 5.19. The smallest absolute Gasteiger partial charge is 0.352 e. The maximum Gasteiger partial charge on any atom is 0.352 e. The second kappa shape index (κ2) is 11.0. The van der Waals surface area contributed by atoms with Crippen LogP contribution < -0.4 is 16.0 Å². The lowest BCUT2D eigenvalue weighted by Gasteiger charge is -2.49. The van der Waals surface area contributed by atoms with Crippen LogP contribution >= 0.6 is 23.1 Å². The lowest BCUT2D eigenvalue weighted by Crippen LogP contribution is -2.71. The number of aliphatic carboxylic acids is 1. The largest absolute Gasteiger partial charge is 0.477 e. The van der Waals surface area contributed by atoms with Gasteiger partial charge in [-0.05, 0) is 49.5 Å². The van der Waals surface area contributed by atoms with Gasteiger partial charge in [-0.2, -0.15) is 0 Å². The van der Waals surface area contributed by atoms with E-state index >= 15 is 0 Å². The summed E-state index contributed by atoms with van der Waals surface area (Å²) in [4.78, 5) is 64.0. The Morgan fingerprint density at radius 3 is 2.61 bits per heavy atom. The summed E-state index contributed by atoms with van der Waals surface area (Å²) in [5.41, 5.74) is 7.31. The number of nitrogens with zero attached hydrogens (tertiary/aromatic N) is 4. The van der Waals surface area contributed by atoms with E-state index in [0.29, 0.717) is 17.7 Å². The van der Waals surface area contributed by atoms with Crippen LogP contribution in [0.15, 0.2) is 63.8 Å². The number of carboxylic acids is 1. The number of carboxylic acid groups (broad SMARTS) is 1. The minimum absolute atomic E-state index is 0.0946. The second-order valence-corrected chi connectivity index (χ2v) is 12.0. The zero-order chi connectivity index (χ0) is 28.7. The highest BCUT2D eigenvalue weighted by Gasteiger charge is 2.54. The zero-order valence-electron chi connectivity index (χ0n) is 21.7.